The van der Waals surface area contributed by atoms with Crippen molar-refractivity contribution in [1.29, 1.82) is 0 Å². The second-order valence-corrected chi connectivity index (χ2v) is 11.6. The molecule has 8 heteroatoms. The number of hydrogen-bond donors (Lipinski definition) is 0. The molecule has 1 saturated heterocycles. The van der Waals surface area contributed by atoms with Gasteiger partial charge >= 0.3 is 11.9 Å². The normalized spacial score (nSPS) is 29.3. The molecule has 2 bridgehead atoms. The molecule has 1 saturated carbocycles. The summed E-state index contributed by atoms with van der Waals surface area (Å²) in [6, 6.07) is 13.1. The van der Waals surface area contributed by atoms with Crippen LogP contribution in [-0.4, -0.2) is 71.6 Å². The minimum Gasteiger partial charge on any atom is -0.483 e. The average molecular weight is 557 g/mol. The van der Waals surface area contributed by atoms with Crippen LogP contribution in [0.2, 0.25) is 0 Å². The van der Waals surface area contributed by atoms with E-state index in [4.69, 9.17) is 14.2 Å². The molecule has 41 heavy (non-hydrogen) atoms. The molecule has 5 atom stereocenters. The molecule has 0 N–H and O–H groups in total. The lowest BCUT2D eigenvalue weighted by atomic mass is 9.48. The van der Waals surface area contributed by atoms with Crippen molar-refractivity contribution < 1.29 is 28.6 Å². The van der Waals surface area contributed by atoms with Crippen LogP contribution < -0.4 is 9.47 Å². The minimum atomic E-state index is -0.863. The lowest BCUT2D eigenvalue weighted by Gasteiger charge is -2.65. The van der Waals surface area contributed by atoms with E-state index >= 15 is 0 Å². The van der Waals surface area contributed by atoms with Gasteiger partial charge < -0.3 is 19.1 Å². The van der Waals surface area contributed by atoms with Gasteiger partial charge in [0.05, 0.1) is 17.5 Å². The van der Waals surface area contributed by atoms with Gasteiger partial charge in [-0.05, 0) is 49.0 Å². The van der Waals surface area contributed by atoms with Gasteiger partial charge in [0.2, 0.25) is 5.91 Å². The van der Waals surface area contributed by atoms with Crippen molar-refractivity contribution in [3.8, 4) is 11.5 Å². The Balaban J connectivity index is 1.47. The Bertz CT molecular complexity index is 1440. The van der Waals surface area contributed by atoms with Crippen molar-refractivity contribution in [3.05, 3.63) is 77.9 Å². The first-order valence-electron chi connectivity index (χ1n) is 14.3. The second-order valence-electron chi connectivity index (χ2n) is 11.6. The lowest BCUT2D eigenvalue weighted by Crippen LogP contribution is -2.79. The molecule has 2 aromatic carbocycles. The number of esters is 2. The molecule has 2 aromatic rings. The maximum absolute atomic E-state index is 13.5. The van der Waals surface area contributed by atoms with Gasteiger partial charge in [0.15, 0.2) is 11.5 Å². The van der Waals surface area contributed by atoms with E-state index in [1.54, 1.807) is 17.0 Å². The van der Waals surface area contributed by atoms with Crippen LogP contribution in [0.1, 0.15) is 49.8 Å². The summed E-state index contributed by atoms with van der Waals surface area (Å²) in [5.41, 5.74) is 1.43. The van der Waals surface area contributed by atoms with Crippen LogP contribution in [0, 0.1) is 0 Å². The molecule has 0 aromatic heterocycles. The van der Waals surface area contributed by atoms with E-state index in [9.17, 15) is 14.4 Å². The Labute approximate surface area is 240 Å². The van der Waals surface area contributed by atoms with E-state index in [1.807, 2.05) is 55.6 Å². The van der Waals surface area contributed by atoms with Crippen molar-refractivity contribution >= 4 is 23.9 Å². The zero-order valence-electron chi connectivity index (χ0n) is 23.8. The van der Waals surface area contributed by atoms with Crippen molar-refractivity contribution in [2.24, 2.45) is 0 Å². The molecule has 214 valence electrons. The molecule has 0 radical (unpaired) electrons. The summed E-state index contributed by atoms with van der Waals surface area (Å²) in [6.07, 6.45) is 7.30. The van der Waals surface area contributed by atoms with Crippen LogP contribution in [0.4, 0.5) is 0 Å². The highest BCUT2D eigenvalue weighted by Gasteiger charge is 2.75. The Morgan fingerprint density at radius 3 is 2.61 bits per heavy atom. The maximum atomic E-state index is 13.5. The number of rotatable bonds is 7. The number of hydrogen-bond acceptors (Lipinski definition) is 7. The molecule has 1 amide bonds. The summed E-state index contributed by atoms with van der Waals surface area (Å²) in [7, 11) is 1.81. The van der Waals surface area contributed by atoms with E-state index in [-0.39, 0.29) is 24.0 Å². The number of nitrogens with zero attached hydrogens (tertiary/aromatic N) is 2. The van der Waals surface area contributed by atoms with Crippen molar-refractivity contribution in [2.75, 3.05) is 20.1 Å². The average Bonchev–Trinajstić information content (AvgIpc) is 3.29. The molecular weight excluding hydrogens is 520 g/mol. The van der Waals surface area contributed by atoms with Gasteiger partial charge in [-0.15, -0.1) is 6.58 Å². The number of carbonyl (C=O) groups is 3. The SMILES string of the molecule is C=CCN1CC[C@]23c4c5ccc(OC(C)=O)c4OC2C(N(C)C(=O)/C=C/c2ccccc2)CC[C@@]3(OC(C)=O)[C@H]1C5. The van der Waals surface area contributed by atoms with Crippen LogP contribution in [0.25, 0.3) is 6.08 Å². The van der Waals surface area contributed by atoms with Gasteiger partial charge in [0.1, 0.15) is 11.7 Å². The molecule has 6 rings (SSSR count). The molecule has 4 aliphatic rings. The first-order chi connectivity index (χ1) is 19.7. The fraction of sp³-hybridized carbons (Fsp3) is 0.424. The Morgan fingerprint density at radius 2 is 1.90 bits per heavy atom. The number of piperidine rings is 1. The summed E-state index contributed by atoms with van der Waals surface area (Å²) < 4.78 is 18.9. The van der Waals surface area contributed by atoms with Gasteiger partial charge in [-0.3, -0.25) is 19.3 Å². The Morgan fingerprint density at radius 1 is 1.12 bits per heavy atom. The third-order valence-corrected chi connectivity index (χ3v) is 9.49. The van der Waals surface area contributed by atoms with E-state index in [0.717, 1.165) is 23.2 Å². The third kappa shape index (κ3) is 4.10. The minimum absolute atomic E-state index is 0.0813. The summed E-state index contributed by atoms with van der Waals surface area (Å²) >= 11 is 0. The quantitative estimate of drug-likeness (QED) is 0.220. The fourth-order valence-electron chi connectivity index (χ4n) is 8.06. The zero-order valence-corrected chi connectivity index (χ0v) is 23.8. The number of likely N-dealkylation sites (N-methyl/N-ethyl adjacent to an activating group) is 1. The van der Waals surface area contributed by atoms with E-state index in [0.29, 0.717) is 43.7 Å². The van der Waals surface area contributed by atoms with Gasteiger partial charge in [0.25, 0.3) is 0 Å². The Hall–Kier alpha value is -3.91. The predicted octanol–water partition coefficient (Wildman–Crippen LogP) is 4.06. The molecular formula is C33H36N2O6. The topological polar surface area (TPSA) is 85.4 Å². The summed E-state index contributed by atoms with van der Waals surface area (Å²) in [4.78, 5) is 42.5. The van der Waals surface area contributed by atoms with Crippen molar-refractivity contribution in [3.63, 3.8) is 0 Å². The van der Waals surface area contributed by atoms with Crippen LogP contribution in [0.3, 0.4) is 0 Å². The monoisotopic (exact) mass is 556 g/mol. The fourth-order valence-corrected chi connectivity index (χ4v) is 8.06. The van der Waals surface area contributed by atoms with Crippen molar-refractivity contribution in [1.82, 2.24) is 9.80 Å². The number of amides is 1. The standard InChI is InChI=1S/C33H36N2O6/c1-5-18-35-19-17-32-29-24-12-13-26(39-21(2)36)30(29)40-31(32)25(15-16-33(32,27(35)20-24)41-22(3)37)34(4)28(38)14-11-23-9-7-6-8-10-23/h5-14,25,27,31H,1,15-20H2,2-4H3/b14-11+/t25?,27-,31?,32+,33-/m1/s1. The van der Waals surface area contributed by atoms with E-state index in [1.165, 1.54) is 13.8 Å². The molecule has 2 unspecified atom stereocenters. The summed E-state index contributed by atoms with van der Waals surface area (Å²) in [6.45, 7) is 8.24. The maximum Gasteiger partial charge on any atom is 0.308 e. The van der Waals surface area contributed by atoms with Crippen LogP contribution in [-0.2, 0) is 31.0 Å². The first-order valence-corrected chi connectivity index (χ1v) is 14.3. The summed E-state index contributed by atoms with van der Waals surface area (Å²) in [5.74, 6) is -0.0161. The van der Waals surface area contributed by atoms with Crippen molar-refractivity contribution in [2.45, 2.75) is 68.7 Å². The smallest absolute Gasteiger partial charge is 0.308 e. The highest BCUT2D eigenvalue weighted by Crippen LogP contribution is 2.67. The highest BCUT2D eigenvalue weighted by molar-refractivity contribution is 5.92. The number of benzene rings is 2. The number of carbonyl (C=O) groups excluding carboxylic acids is 3. The molecule has 8 nitrogen and oxygen atoms in total. The van der Waals surface area contributed by atoms with E-state index < -0.39 is 23.1 Å². The molecule has 2 fully saturated rings. The second kappa shape index (κ2) is 10.2. The molecule has 2 aliphatic carbocycles. The Kier molecular flexibility index (Phi) is 6.77. The largest absolute Gasteiger partial charge is 0.483 e. The van der Waals surface area contributed by atoms with E-state index in [2.05, 4.69) is 11.5 Å². The van der Waals surface area contributed by atoms with Gasteiger partial charge in [-0.2, -0.15) is 0 Å². The first kappa shape index (κ1) is 27.3. The zero-order chi connectivity index (χ0) is 28.9. The van der Waals surface area contributed by atoms with Crippen LogP contribution in [0.15, 0.2) is 61.2 Å². The number of likely N-dealkylation sites (tertiary alicyclic amines) is 1. The van der Waals surface area contributed by atoms with Gasteiger partial charge in [-0.25, -0.2) is 0 Å². The highest BCUT2D eigenvalue weighted by atomic mass is 16.6. The lowest BCUT2D eigenvalue weighted by molar-refractivity contribution is -0.222. The number of ether oxygens (including phenoxy) is 3. The predicted molar refractivity (Wildman–Crippen MR) is 153 cm³/mol. The van der Waals surface area contributed by atoms with Crippen LogP contribution in [0.5, 0.6) is 11.5 Å². The van der Waals surface area contributed by atoms with Gasteiger partial charge in [-0.1, -0.05) is 42.5 Å². The molecule has 2 aliphatic heterocycles. The van der Waals surface area contributed by atoms with Crippen LogP contribution >= 0.6 is 0 Å². The molecule has 2 heterocycles. The summed E-state index contributed by atoms with van der Waals surface area (Å²) in [5, 5.41) is 0. The van der Waals surface area contributed by atoms with Gasteiger partial charge in [0, 0.05) is 45.6 Å². The third-order valence-electron chi connectivity index (χ3n) is 9.49. The molecule has 1 spiro atoms.